The number of carbonyl (C=O) groups is 1. The lowest BCUT2D eigenvalue weighted by Gasteiger charge is -2.33. The van der Waals surface area contributed by atoms with E-state index in [1.165, 1.54) is 25.3 Å². The van der Waals surface area contributed by atoms with Gasteiger partial charge in [-0.25, -0.2) is 9.18 Å². The third-order valence-corrected chi connectivity index (χ3v) is 6.40. The molecular formula is C27H28F4N4O3. The number of nitrogens with one attached hydrogen (secondary N) is 2. The molecule has 0 bridgehead atoms. The summed E-state index contributed by atoms with van der Waals surface area (Å²) >= 11 is 0. The van der Waals surface area contributed by atoms with Crippen molar-refractivity contribution in [2.75, 3.05) is 44.4 Å². The second-order valence-corrected chi connectivity index (χ2v) is 9.16. The molecule has 2 aromatic carbocycles. The van der Waals surface area contributed by atoms with Gasteiger partial charge in [0.15, 0.2) is 0 Å². The molecule has 1 saturated heterocycles. The summed E-state index contributed by atoms with van der Waals surface area (Å²) in [6.07, 6.45) is -5.02. The fourth-order valence-corrected chi connectivity index (χ4v) is 4.54. The van der Waals surface area contributed by atoms with Crippen molar-refractivity contribution < 1.29 is 32.2 Å². The molecule has 0 spiro atoms. The van der Waals surface area contributed by atoms with Crippen molar-refractivity contribution in [1.29, 1.82) is 0 Å². The lowest BCUT2D eigenvalue weighted by molar-refractivity contribution is -0.140. The predicted octanol–water partition coefficient (Wildman–Crippen LogP) is 4.83. The zero-order valence-corrected chi connectivity index (χ0v) is 20.9. The summed E-state index contributed by atoms with van der Waals surface area (Å²) in [7, 11) is 3.28. The molecule has 1 aliphatic rings. The van der Waals surface area contributed by atoms with E-state index in [0.717, 1.165) is 4.57 Å². The molecule has 1 aliphatic heterocycles. The molecule has 2 heterocycles. The summed E-state index contributed by atoms with van der Waals surface area (Å²) in [6.45, 7) is -0.206. The van der Waals surface area contributed by atoms with Crippen LogP contribution in [0.1, 0.15) is 22.5 Å². The summed E-state index contributed by atoms with van der Waals surface area (Å²) in [6, 6.07) is 10.4. The number of alkyl halides is 4. The van der Waals surface area contributed by atoms with Crippen LogP contribution < -0.4 is 15.4 Å². The molecule has 202 valence electrons. The first-order chi connectivity index (χ1) is 18.1. The van der Waals surface area contributed by atoms with Gasteiger partial charge in [-0.1, -0.05) is 12.0 Å². The number of hydrogen-bond donors (Lipinski definition) is 3. The number of methoxy groups -OCH3 is 1. The Hall–Kier alpha value is -3.91. The van der Waals surface area contributed by atoms with E-state index in [9.17, 15) is 27.5 Å². The number of carboxylic acid groups (broad SMARTS) is 1. The van der Waals surface area contributed by atoms with E-state index in [1.807, 2.05) is 11.9 Å². The molecule has 0 radical (unpaired) electrons. The Balaban J connectivity index is 1.62. The highest BCUT2D eigenvalue weighted by molar-refractivity contribution is 5.94. The highest BCUT2D eigenvalue weighted by atomic mass is 19.4. The van der Waals surface area contributed by atoms with Crippen LogP contribution in [-0.2, 0) is 6.54 Å². The van der Waals surface area contributed by atoms with Crippen molar-refractivity contribution in [2.24, 2.45) is 0 Å². The van der Waals surface area contributed by atoms with Crippen LogP contribution in [0.2, 0.25) is 0 Å². The van der Waals surface area contributed by atoms with E-state index in [1.54, 1.807) is 24.3 Å². The largest absolute Gasteiger partial charge is 0.495 e. The van der Waals surface area contributed by atoms with Crippen molar-refractivity contribution in [2.45, 2.75) is 31.4 Å². The third kappa shape index (κ3) is 6.31. The Morgan fingerprint density at radius 3 is 2.68 bits per heavy atom. The second kappa shape index (κ2) is 11.2. The molecule has 2 atom stereocenters. The molecule has 0 saturated carbocycles. The average molecular weight is 533 g/mol. The summed E-state index contributed by atoms with van der Waals surface area (Å²) in [5.41, 5.74) is 1.48. The molecular weight excluding hydrogens is 504 g/mol. The number of benzene rings is 2. The van der Waals surface area contributed by atoms with Gasteiger partial charge in [0, 0.05) is 24.2 Å². The first-order valence-corrected chi connectivity index (χ1v) is 12.0. The fraction of sp³-hybridized carbons (Fsp3) is 0.370. The first-order valence-electron chi connectivity index (χ1n) is 12.0. The van der Waals surface area contributed by atoms with Gasteiger partial charge in [-0.15, -0.1) is 0 Å². The maximum Gasteiger partial charge on any atom is 0.406 e. The zero-order chi connectivity index (χ0) is 27.4. The van der Waals surface area contributed by atoms with Crippen molar-refractivity contribution in [3.63, 3.8) is 0 Å². The minimum atomic E-state index is -4.48. The zero-order valence-electron chi connectivity index (χ0n) is 20.9. The minimum Gasteiger partial charge on any atom is -0.495 e. The summed E-state index contributed by atoms with van der Waals surface area (Å²) in [5.74, 6) is 4.91. The number of fused-ring (bicyclic) bond motifs is 1. The van der Waals surface area contributed by atoms with E-state index in [2.05, 4.69) is 22.5 Å². The summed E-state index contributed by atoms with van der Waals surface area (Å²) in [4.78, 5) is 13.2. The minimum absolute atomic E-state index is 0.0250. The molecule has 11 heteroatoms. The van der Waals surface area contributed by atoms with Crippen molar-refractivity contribution in [3.05, 3.63) is 53.7 Å². The van der Waals surface area contributed by atoms with Gasteiger partial charge in [0.25, 0.3) is 0 Å². The Morgan fingerprint density at radius 2 is 2.00 bits per heavy atom. The maximum atomic E-state index is 14.6. The highest BCUT2D eigenvalue weighted by Gasteiger charge is 2.31. The van der Waals surface area contributed by atoms with E-state index in [4.69, 9.17) is 4.74 Å². The summed E-state index contributed by atoms with van der Waals surface area (Å²) < 4.78 is 61.4. The molecule has 7 nitrogen and oxygen atoms in total. The Bertz CT molecular complexity index is 1380. The Morgan fingerprint density at radius 1 is 1.21 bits per heavy atom. The topological polar surface area (TPSA) is 78.8 Å². The Labute approximate surface area is 217 Å². The molecule has 1 fully saturated rings. The summed E-state index contributed by atoms with van der Waals surface area (Å²) in [5, 5.41) is 15.9. The molecule has 0 unspecified atom stereocenters. The number of aromatic carboxylic acids is 1. The molecule has 0 aliphatic carbocycles. The van der Waals surface area contributed by atoms with Crippen LogP contribution in [0.25, 0.3) is 10.9 Å². The standard InChI is InChI=1S/C27H28F4N4O3/c1-34-12-10-22(20(28)15-34)33-21-6-3-7-24-19(21)14-18(35(24)16-27(29,30)31)5-4-11-32-23-13-17(26(36)37)8-9-25(23)38-2/h3,6-9,13-14,20,22,32-33H,10-12,15-16H2,1-2H3,(H,36,37)/t20-,22+/m0/s1. The quantitative estimate of drug-likeness (QED) is 0.299. The second-order valence-electron chi connectivity index (χ2n) is 9.16. The lowest BCUT2D eigenvalue weighted by Crippen LogP contribution is -2.46. The van der Waals surface area contributed by atoms with Crippen LogP contribution in [0.15, 0.2) is 42.5 Å². The normalized spacial score (nSPS) is 18.1. The van der Waals surface area contributed by atoms with E-state index < -0.39 is 30.9 Å². The molecule has 1 aromatic heterocycles. The number of aromatic nitrogens is 1. The van der Waals surface area contributed by atoms with Crippen molar-refractivity contribution in [3.8, 4) is 17.6 Å². The molecule has 4 rings (SSSR count). The number of hydrogen-bond acceptors (Lipinski definition) is 5. The van der Waals surface area contributed by atoms with Gasteiger partial charge in [0.1, 0.15) is 18.5 Å². The average Bonchev–Trinajstić information content (AvgIpc) is 3.20. The molecule has 3 N–H and O–H groups in total. The smallest absolute Gasteiger partial charge is 0.406 e. The first kappa shape index (κ1) is 27.1. The monoisotopic (exact) mass is 532 g/mol. The van der Waals surface area contributed by atoms with Crippen LogP contribution in [0, 0.1) is 11.8 Å². The number of anilines is 2. The number of carboxylic acids is 1. The molecule has 3 aromatic rings. The lowest BCUT2D eigenvalue weighted by atomic mass is 10.0. The van der Waals surface area contributed by atoms with Gasteiger partial charge in [-0.3, -0.25) is 0 Å². The number of likely N-dealkylation sites (tertiary alicyclic amines) is 1. The highest BCUT2D eigenvalue weighted by Crippen LogP contribution is 2.32. The van der Waals surface area contributed by atoms with Crippen LogP contribution in [0.5, 0.6) is 5.75 Å². The molecule has 0 amide bonds. The van der Waals surface area contributed by atoms with E-state index in [0.29, 0.717) is 41.0 Å². The van der Waals surface area contributed by atoms with Crippen LogP contribution in [0.4, 0.5) is 28.9 Å². The Kier molecular flexibility index (Phi) is 8.02. The van der Waals surface area contributed by atoms with Gasteiger partial charge in [-0.05, 0) is 55.8 Å². The number of piperidine rings is 1. The number of halogens is 4. The van der Waals surface area contributed by atoms with Gasteiger partial charge in [0.05, 0.1) is 42.2 Å². The predicted molar refractivity (Wildman–Crippen MR) is 138 cm³/mol. The van der Waals surface area contributed by atoms with Gasteiger partial charge in [0.2, 0.25) is 0 Å². The van der Waals surface area contributed by atoms with Gasteiger partial charge in [-0.2, -0.15) is 13.2 Å². The SMILES string of the molecule is COc1ccc(C(=O)O)cc1NCC#Cc1cc2c(N[C@@H]3CCN(C)C[C@@H]3F)cccc2n1CC(F)(F)F. The van der Waals surface area contributed by atoms with Gasteiger partial charge < -0.3 is 29.9 Å². The van der Waals surface area contributed by atoms with E-state index >= 15 is 0 Å². The molecule has 38 heavy (non-hydrogen) atoms. The van der Waals surface area contributed by atoms with Crippen molar-refractivity contribution in [1.82, 2.24) is 9.47 Å². The number of rotatable bonds is 7. The van der Waals surface area contributed by atoms with Crippen LogP contribution >= 0.6 is 0 Å². The third-order valence-electron chi connectivity index (χ3n) is 6.40. The van der Waals surface area contributed by atoms with Crippen molar-refractivity contribution >= 4 is 28.2 Å². The maximum absolute atomic E-state index is 14.6. The van der Waals surface area contributed by atoms with Crippen LogP contribution in [-0.4, -0.2) is 72.7 Å². The van der Waals surface area contributed by atoms with Crippen LogP contribution in [0.3, 0.4) is 0 Å². The van der Waals surface area contributed by atoms with Gasteiger partial charge >= 0.3 is 12.1 Å². The number of nitrogens with zero attached hydrogens (tertiary/aromatic N) is 2. The van der Waals surface area contributed by atoms with E-state index in [-0.39, 0.29) is 24.3 Å². The fourth-order valence-electron chi connectivity index (χ4n) is 4.54. The number of ether oxygens (including phenoxy) is 1.